The van der Waals surface area contributed by atoms with Gasteiger partial charge in [0.25, 0.3) is 0 Å². The Balaban J connectivity index is 2.87. The van der Waals surface area contributed by atoms with Gasteiger partial charge in [-0.25, -0.2) is 10.7 Å². The molecule has 1 rings (SSSR count). The van der Waals surface area contributed by atoms with Gasteiger partial charge in [0.1, 0.15) is 6.34 Å². The molecule has 0 saturated carbocycles. The fraction of sp³-hybridized carbons (Fsp3) is 0.273. The molecule has 1 atom stereocenters. The van der Waals surface area contributed by atoms with Crippen molar-refractivity contribution in [1.82, 2.24) is 10.2 Å². The second-order valence-electron chi connectivity index (χ2n) is 3.99. The molecule has 1 aromatic rings. The zero-order chi connectivity index (χ0) is 15.1. The number of hydrogen-bond acceptors (Lipinski definition) is 5. The van der Waals surface area contributed by atoms with Crippen LogP contribution in [0.15, 0.2) is 23.3 Å². The number of hydrazone groups is 1. The van der Waals surface area contributed by atoms with Gasteiger partial charge >= 0.3 is 0 Å². The van der Waals surface area contributed by atoms with Gasteiger partial charge in [-0.15, -0.1) is 0 Å². The minimum Gasteiger partial charge on any atom is -0.351 e. The second kappa shape index (κ2) is 7.91. The zero-order valence-electron chi connectivity index (χ0n) is 10.8. The summed E-state index contributed by atoms with van der Waals surface area (Å²) in [6.45, 7) is 1.88. The summed E-state index contributed by atoms with van der Waals surface area (Å²) in [6.07, 6.45) is 1.25. The number of halogens is 2. The smallest absolute Gasteiger partial charge is 0.238 e. The van der Waals surface area contributed by atoms with Crippen molar-refractivity contribution in [2.24, 2.45) is 16.8 Å². The number of carbonyl (C=O) groups excluding carboxylic acids is 1. The van der Waals surface area contributed by atoms with Crippen LogP contribution >= 0.6 is 23.4 Å². The van der Waals surface area contributed by atoms with Crippen LogP contribution in [0, 0.1) is 0 Å². The molecular weight excluding hydrogens is 303 g/mol. The van der Waals surface area contributed by atoms with Gasteiger partial charge in [0.2, 0.25) is 5.91 Å². The lowest BCUT2D eigenvalue weighted by atomic mass is 10.1. The first-order chi connectivity index (χ1) is 9.49. The number of benzene rings is 1. The van der Waals surface area contributed by atoms with Crippen molar-refractivity contribution in [2.45, 2.75) is 19.5 Å². The minimum atomic E-state index is -0.515. The van der Waals surface area contributed by atoms with Gasteiger partial charge in [-0.3, -0.25) is 9.80 Å². The highest BCUT2D eigenvalue weighted by Crippen LogP contribution is 2.22. The molecule has 1 aromatic carbocycles. The number of rotatable bonds is 6. The molecule has 0 fully saturated rings. The molecule has 1 amide bonds. The molecule has 0 aliphatic carbocycles. The molecule has 6 N–H and O–H groups in total. The standard InChI is InChI=1S/C11H16Cl2N6O/c1-7(18-13)11(20)16-5-8-4-9(12)2-3-10(8)19(15)6-17-14/h2-4,6-7,18H,5,14-15H2,1H3,(H,16,20)/b17-6-. The van der Waals surface area contributed by atoms with Gasteiger partial charge in [0.15, 0.2) is 0 Å². The maximum absolute atomic E-state index is 11.7. The highest BCUT2D eigenvalue weighted by molar-refractivity contribution is 6.30. The van der Waals surface area contributed by atoms with Crippen LogP contribution in [0.1, 0.15) is 12.5 Å². The number of hydrazine groups is 1. The minimum absolute atomic E-state index is 0.240. The number of amides is 1. The van der Waals surface area contributed by atoms with Crippen LogP contribution in [-0.2, 0) is 11.3 Å². The van der Waals surface area contributed by atoms with Crippen LogP contribution in [0.3, 0.4) is 0 Å². The molecule has 20 heavy (non-hydrogen) atoms. The van der Waals surface area contributed by atoms with E-state index in [2.05, 4.69) is 15.3 Å². The van der Waals surface area contributed by atoms with E-state index < -0.39 is 6.04 Å². The molecule has 110 valence electrons. The molecule has 0 saturated heterocycles. The van der Waals surface area contributed by atoms with Gasteiger partial charge < -0.3 is 11.2 Å². The van der Waals surface area contributed by atoms with E-state index in [0.717, 1.165) is 5.56 Å². The van der Waals surface area contributed by atoms with Gasteiger partial charge in [-0.2, -0.15) is 5.10 Å². The number of anilines is 1. The molecule has 7 nitrogen and oxygen atoms in total. The van der Waals surface area contributed by atoms with E-state index in [-0.39, 0.29) is 12.5 Å². The number of nitrogens with zero attached hydrogens (tertiary/aromatic N) is 2. The van der Waals surface area contributed by atoms with Crippen molar-refractivity contribution in [3.63, 3.8) is 0 Å². The van der Waals surface area contributed by atoms with E-state index >= 15 is 0 Å². The molecular formula is C11H16Cl2N6O. The third-order valence-corrected chi connectivity index (χ3v) is 3.08. The molecule has 9 heteroatoms. The summed E-state index contributed by atoms with van der Waals surface area (Å²) in [5.74, 6) is 10.6. The molecule has 0 spiro atoms. The van der Waals surface area contributed by atoms with Crippen molar-refractivity contribution in [2.75, 3.05) is 5.01 Å². The highest BCUT2D eigenvalue weighted by Gasteiger charge is 2.13. The van der Waals surface area contributed by atoms with E-state index in [1.54, 1.807) is 25.1 Å². The first-order valence-corrected chi connectivity index (χ1v) is 6.44. The number of carbonyl (C=O) groups is 1. The van der Waals surface area contributed by atoms with E-state index in [4.69, 9.17) is 35.1 Å². The van der Waals surface area contributed by atoms with Crippen molar-refractivity contribution in [3.05, 3.63) is 28.8 Å². The lowest BCUT2D eigenvalue weighted by molar-refractivity contribution is -0.122. The Morgan fingerprint density at radius 3 is 2.90 bits per heavy atom. The molecule has 1 unspecified atom stereocenters. The van der Waals surface area contributed by atoms with Gasteiger partial charge in [0.05, 0.1) is 11.7 Å². The SMILES string of the molecule is CC(NCl)C(=O)NCc1cc(Cl)ccc1N(N)/C=N\N. The van der Waals surface area contributed by atoms with Crippen LogP contribution < -0.4 is 26.8 Å². The van der Waals surface area contributed by atoms with Crippen LogP contribution in [0.2, 0.25) is 5.02 Å². The molecule has 0 aromatic heterocycles. The second-order valence-corrected chi connectivity index (χ2v) is 4.65. The summed E-state index contributed by atoms with van der Waals surface area (Å²) < 4.78 is 0. The van der Waals surface area contributed by atoms with Crippen LogP contribution in [0.5, 0.6) is 0 Å². The predicted molar refractivity (Wildman–Crippen MR) is 81.1 cm³/mol. The monoisotopic (exact) mass is 318 g/mol. The molecule has 0 aliphatic rings. The topological polar surface area (TPSA) is 109 Å². The van der Waals surface area contributed by atoms with Gasteiger partial charge in [0, 0.05) is 11.6 Å². The summed E-state index contributed by atoms with van der Waals surface area (Å²) in [5, 5.41) is 7.82. The number of nitrogens with one attached hydrogen (secondary N) is 2. The first kappa shape index (κ1) is 16.5. The summed E-state index contributed by atoms with van der Waals surface area (Å²) in [5.41, 5.74) is 1.34. The maximum atomic E-state index is 11.7. The molecule has 0 aliphatic heterocycles. The van der Waals surface area contributed by atoms with E-state index in [1.165, 1.54) is 11.3 Å². The number of nitrogens with two attached hydrogens (primary N) is 2. The quantitative estimate of drug-likeness (QED) is 0.203. The Kier molecular flexibility index (Phi) is 6.53. The maximum Gasteiger partial charge on any atom is 0.238 e. The summed E-state index contributed by atoms with van der Waals surface area (Å²) >= 11 is 11.3. The van der Waals surface area contributed by atoms with Crippen LogP contribution in [0.25, 0.3) is 0 Å². The largest absolute Gasteiger partial charge is 0.351 e. The fourth-order valence-electron chi connectivity index (χ4n) is 1.47. The third kappa shape index (κ3) is 4.53. The van der Waals surface area contributed by atoms with Gasteiger partial charge in [-0.05, 0) is 42.5 Å². The molecule has 0 radical (unpaired) electrons. The molecule has 0 heterocycles. The zero-order valence-corrected chi connectivity index (χ0v) is 12.3. The average Bonchev–Trinajstić information content (AvgIpc) is 2.44. The highest BCUT2D eigenvalue weighted by atomic mass is 35.5. The molecule has 0 bridgehead atoms. The van der Waals surface area contributed by atoms with Crippen LogP contribution in [-0.4, -0.2) is 18.3 Å². The third-order valence-electron chi connectivity index (χ3n) is 2.52. The van der Waals surface area contributed by atoms with Crippen molar-refractivity contribution >= 4 is 41.3 Å². The van der Waals surface area contributed by atoms with E-state index in [1.807, 2.05) is 0 Å². The summed E-state index contributed by atoms with van der Waals surface area (Å²) in [4.78, 5) is 14.0. The van der Waals surface area contributed by atoms with Crippen LogP contribution in [0.4, 0.5) is 5.69 Å². The lowest BCUT2D eigenvalue weighted by Gasteiger charge is -2.18. The Hall–Kier alpha value is -1.54. The van der Waals surface area contributed by atoms with Crippen molar-refractivity contribution < 1.29 is 4.79 Å². The average molecular weight is 319 g/mol. The Morgan fingerprint density at radius 1 is 1.60 bits per heavy atom. The number of hydrogen-bond donors (Lipinski definition) is 4. The van der Waals surface area contributed by atoms with Crippen molar-refractivity contribution in [3.8, 4) is 0 Å². The Labute approximate surface area is 127 Å². The van der Waals surface area contributed by atoms with Crippen molar-refractivity contribution in [1.29, 1.82) is 0 Å². The lowest BCUT2D eigenvalue weighted by Crippen LogP contribution is -2.38. The van der Waals surface area contributed by atoms with Gasteiger partial charge in [-0.1, -0.05) is 11.6 Å². The Morgan fingerprint density at radius 2 is 2.30 bits per heavy atom. The summed E-state index contributed by atoms with van der Waals surface area (Å²) in [7, 11) is 0. The Bertz CT molecular complexity index is 496. The summed E-state index contributed by atoms with van der Waals surface area (Å²) in [6, 6.07) is 4.56. The first-order valence-electron chi connectivity index (χ1n) is 5.69. The fourth-order valence-corrected chi connectivity index (χ4v) is 1.76. The normalized spacial score (nSPS) is 12.4. The predicted octanol–water partition coefficient (Wildman–Crippen LogP) is 0.670. The van der Waals surface area contributed by atoms with E-state index in [9.17, 15) is 4.79 Å². The van der Waals surface area contributed by atoms with E-state index in [0.29, 0.717) is 10.7 Å².